The van der Waals surface area contributed by atoms with Crippen molar-refractivity contribution in [3.63, 3.8) is 0 Å². The van der Waals surface area contributed by atoms with Crippen LogP contribution in [0.4, 0.5) is 0 Å². The lowest BCUT2D eigenvalue weighted by Gasteiger charge is -2.13. The Morgan fingerprint density at radius 1 is 1.32 bits per heavy atom. The predicted octanol–water partition coefficient (Wildman–Crippen LogP) is 3.89. The molecule has 0 fully saturated rings. The third kappa shape index (κ3) is 5.07. The minimum atomic E-state index is 0.0682. The Bertz CT molecular complexity index is 468. The Morgan fingerprint density at radius 3 is 2.95 bits per heavy atom. The highest BCUT2D eigenvalue weighted by atomic mass is 35.5. The van der Waals surface area contributed by atoms with Crippen molar-refractivity contribution in [3.8, 4) is 0 Å². The molecular weight excluding hydrogens is 258 g/mol. The average molecular weight is 278 g/mol. The molecule has 19 heavy (non-hydrogen) atoms. The number of allylic oxidation sites excluding steroid dienone is 1. The molecular formula is C16H20ClNO. The maximum absolute atomic E-state index is 11.8. The molecule has 2 nitrogen and oxygen atoms in total. The topological polar surface area (TPSA) is 29.1 Å². The third-order valence-corrected chi connectivity index (χ3v) is 3.64. The third-order valence-electron chi connectivity index (χ3n) is 3.41. The lowest BCUT2D eigenvalue weighted by molar-refractivity contribution is -0.120. The number of carbonyl (C=O) groups excluding carboxylic acids is 1. The summed E-state index contributed by atoms with van der Waals surface area (Å²) in [7, 11) is 0. The lowest BCUT2D eigenvalue weighted by atomic mass is 9.97. The molecule has 0 saturated carbocycles. The van der Waals surface area contributed by atoms with E-state index in [9.17, 15) is 4.79 Å². The maximum Gasteiger partial charge on any atom is 0.224 e. The number of hydrogen-bond donors (Lipinski definition) is 1. The molecule has 1 aromatic rings. The number of nitrogens with one attached hydrogen (secondary N) is 1. The Kier molecular flexibility index (Phi) is 5.46. The highest BCUT2D eigenvalue weighted by molar-refractivity contribution is 6.30. The number of amides is 1. The van der Waals surface area contributed by atoms with Crippen LogP contribution in [-0.4, -0.2) is 12.5 Å². The first-order valence-electron chi connectivity index (χ1n) is 6.93. The number of halogens is 1. The van der Waals surface area contributed by atoms with Crippen molar-refractivity contribution in [1.29, 1.82) is 0 Å². The van der Waals surface area contributed by atoms with E-state index in [4.69, 9.17) is 11.6 Å². The molecule has 1 aliphatic rings. The van der Waals surface area contributed by atoms with Crippen LogP contribution in [0, 0.1) is 0 Å². The van der Waals surface area contributed by atoms with Crippen LogP contribution in [0.3, 0.4) is 0 Å². The van der Waals surface area contributed by atoms with Gasteiger partial charge in [0.15, 0.2) is 0 Å². The summed E-state index contributed by atoms with van der Waals surface area (Å²) in [6.45, 7) is 0.741. The van der Waals surface area contributed by atoms with Crippen LogP contribution in [0.2, 0.25) is 5.02 Å². The minimum Gasteiger partial charge on any atom is -0.355 e. The first kappa shape index (κ1) is 14.1. The zero-order valence-electron chi connectivity index (χ0n) is 11.1. The molecule has 102 valence electrons. The second-order valence-corrected chi connectivity index (χ2v) is 5.45. The average Bonchev–Trinajstić information content (AvgIpc) is 2.40. The van der Waals surface area contributed by atoms with E-state index in [0.717, 1.165) is 18.5 Å². The molecule has 0 bridgehead atoms. The van der Waals surface area contributed by atoms with Gasteiger partial charge in [0.25, 0.3) is 0 Å². The molecule has 0 atom stereocenters. The van der Waals surface area contributed by atoms with E-state index in [1.165, 1.54) is 31.3 Å². The second-order valence-electron chi connectivity index (χ2n) is 5.01. The van der Waals surface area contributed by atoms with Gasteiger partial charge in [-0.05, 0) is 49.8 Å². The Hall–Kier alpha value is -1.28. The Balaban J connectivity index is 1.71. The van der Waals surface area contributed by atoms with Crippen LogP contribution in [0.1, 0.15) is 37.7 Å². The van der Waals surface area contributed by atoms with Gasteiger partial charge in [-0.15, -0.1) is 0 Å². The molecule has 1 N–H and O–H groups in total. The van der Waals surface area contributed by atoms with Crippen molar-refractivity contribution in [2.75, 3.05) is 6.54 Å². The first-order valence-corrected chi connectivity index (χ1v) is 7.31. The van der Waals surface area contributed by atoms with Crippen LogP contribution in [0.25, 0.3) is 0 Å². The van der Waals surface area contributed by atoms with Crippen molar-refractivity contribution in [2.45, 2.75) is 38.5 Å². The lowest BCUT2D eigenvalue weighted by Crippen LogP contribution is -2.26. The normalized spacial score (nSPS) is 14.9. The van der Waals surface area contributed by atoms with E-state index in [1.54, 1.807) is 0 Å². The fourth-order valence-electron chi connectivity index (χ4n) is 2.39. The van der Waals surface area contributed by atoms with E-state index in [2.05, 4.69) is 11.4 Å². The van der Waals surface area contributed by atoms with Gasteiger partial charge >= 0.3 is 0 Å². The second kappa shape index (κ2) is 7.34. The summed E-state index contributed by atoms with van der Waals surface area (Å²) in [4.78, 5) is 11.8. The molecule has 0 unspecified atom stereocenters. The van der Waals surface area contributed by atoms with Gasteiger partial charge in [0.2, 0.25) is 5.91 Å². The van der Waals surface area contributed by atoms with Crippen molar-refractivity contribution in [3.05, 3.63) is 46.5 Å². The van der Waals surface area contributed by atoms with Crippen molar-refractivity contribution < 1.29 is 4.79 Å². The van der Waals surface area contributed by atoms with Gasteiger partial charge in [-0.25, -0.2) is 0 Å². The summed E-state index contributed by atoms with van der Waals surface area (Å²) < 4.78 is 0. The molecule has 1 aromatic carbocycles. The highest BCUT2D eigenvalue weighted by Gasteiger charge is 2.06. The van der Waals surface area contributed by atoms with Gasteiger partial charge < -0.3 is 5.32 Å². The zero-order valence-corrected chi connectivity index (χ0v) is 11.9. The van der Waals surface area contributed by atoms with Gasteiger partial charge in [-0.1, -0.05) is 35.4 Å². The molecule has 1 amide bonds. The van der Waals surface area contributed by atoms with Gasteiger partial charge in [0.05, 0.1) is 6.42 Å². The van der Waals surface area contributed by atoms with Crippen LogP contribution >= 0.6 is 11.6 Å². The first-order chi connectivity index (χ1) is 9.24. The highest BCUT2D eigenvalue weighted by Crippen LogP contribution is 2.19. The van der Waals surface area contributed by atoms with Crippen molar-refractivity contribution in [1.82, 2.24) is 5.32 Å². The minimum absolute atomic E-state index is 0.0682. The Labute approximate surface area is 119 Å². The fraction of sp³-hybridized carbons (Fsp3) is 0.438. The van der Waals surface area contributed by atoms with Crippen molar-refractivity contribution >= 4 is 17.5 Å². The van der Waals surface area contributed by atoms with E-state index in [-0.39, 0.29) is 5.91 Å². The van der Waals surface area contributed by atoms with Gasteiger partial charge in [-0.2, -0.15) is 0 Å². The van der Waals surface area contributed by atoms with Crippen LogP contribution in [0.5, 0.6) is 0 Å². The fourth-order valence-corrected chi connectivity index (χ4v) is 2.60. The number of benzene rings is 1. The number of hydrogen-bond acceptors (Lipinski definition) is 1. The van der Waals surface area contributed by atoms with Gasteiger partial charge in [0, 0.05) is 11.6 Å². The molecule has 0 heterocycles. The standard InChI is InChI=1S/C16H20ClNO/c17-15-8-4-7-14(11-15)12-16(19)18-10-9-13-5-2-1-3-6-13/h4-5,7-8,11H,1-3,6,9-10,12H2,(H,18,19). The summed E-state index contributed by atoms with van der Waals surface area (Å²) in [5.41, 5.74) is 2.45. The van der Waals surface area contributed by atoms with Crippen LogP contribution in [-0.2, 0) is 11.2 Å². The van der Waals surface area contributed by atoms with Gasteiger partial charge in [-0.3, -0.25) is 4.79 Å². The van der Waals surface area contributed by atoms with E-state index in [0.29, 0.717) is 11.4 Å². The molecule has 0 spiro atoms. The van der Waals surface area contributed by atoms with Crippen LogP contribution in [0.15, 0.2) is 35.9 Å². The molecule has 0 aromatic heterocycles. The van der Waals surface area contributed by atoms with E-state index < -0.39 is 0 Å². The summed E-state index contributed by atoms with van der Waals surface area (Å²) in [5, 5.41) is 3.65. The quantitative estimate of drug-likeness (QED) is 0.813. The van der Waals surface area contributed by atoms with E-state index in [1.807, 2.05) is 24.3 Å². The monoisotopic (exact) mass is 277 g/mol. The molecule has 0 aliphatic heterocycles. The molecule has 1 aliphatic carbocycles. The SMILES string of the molecule is O=C(Cc1cccc(Cl)c1)NCCC1=CCCCC1. The molecule has 0 saturated heterocycles. The van der Waals surface area contributed by atoms with Gasteiger partial charge in [0.1, 0.15) is 0 Å². The van der Waals surface area contributed by atoms with Crippen molar-refractivity contribution in [2.24, 2.45) is 0 Å². The smallest absolute Gasteiger partial charge is 0.224 e. The van der Waals surface area contributed by atoms with E-state index >= 15 is 0 Å². The summed E-state index contributed by atoms with van der Waals surface area (Å²) >= 11 is 5.90. The number of carbonyl (C=O) groups is 1. The Morgan fingerprint density at radius 2 is 2.21 bits per heavy atom. The van der Waals surface area contributed by atoms with Crippen LogP contribution < -0.4 is 5.32 Å². The number of rotatable bonds is 5. The molecule has 2 rings (SSSR count). The molecule has 3 heteroatoms. The summed E-state index contributed by atoms with van der Waals surface area (Å²) in [5.74, 6) is 0.0682. The maximum atomic E-state index is 11.8. The summed E-state index contributed by atoms with van der Waals surface area (Å²) in [6.07, 6.45) is 8.72. The largest absolute Gasteiger partial charge is 0.355 e. The zero-order chi connectivity index (χ0) is 13.5. The summed E-state index contributed by atoms with van der Waals surface area (Å²) in [6, 6.07) is 7.45. The molecule has 0 radical (unpaired) electrons. The predicted molar refractivity (Wildman–Crippen MR) is 79.3 cm³/mol.